The number of hydrogen-bond donors (Lipinski definition) is 12. The van der Waals surface area contributed by atoms with E-state index in [4.69, 9.17) is 0 Å². The van der Waals surface area contributed by atoms with Gasteiger partial charge in [0.2, 0.25) is 41.1 Å². The first-order valence-electron chi connectivity index (χ1n) is 30.0. The Balaban J connectivity index is 0.684. The number of carbonyl (C=O) groups excluding carboxylic acids is 11. The molecular weight excluding hydrogens is 1230 g/mol. The summed E-state index contributed by atoms with van der Waals surface area (Å²) in [6.45, 7) is 2.04. The van der Waals surface area contributed by atoms with E-state index in [1.165, 1.54) is 82.8 Å². The molecule has 34 heteroatoms. The predicted molar refractivity (Wildman–Crippen MR) is 345 cm³/mol. The van der Waals surface area contributed by atoms with E-state index >= 15 is 0 Å². The van der Waals surface area contributed by atoms with Gasteiger partial charge in [-0.05, 0) is 62.4 Å². The minimum Gasteiger partial charge on any atom is -0.351 e. The molecule has 1 aliphatic rings. The van der Waals surface area contributed by atoms with Crippen LogP contribution in [-0.2, 0) is 68.5 Å². The second kappa shape index (κ2) is 32.3. The van der Waals surface area contributed by atoms with Crippen LogP contribution in [0.15, 0.2) is 67.8 Å². The van der Waals surface area contributed by atoms with Gasteiger partial charge in [-0.2, -0.15) is 0 Å². The quantitative estimate of drug-likeness (QED) is 0.0243. The molecule has 0 unspecified atom stereocenters. The monoisotopic (exact) mass is 1300 g/mol. The van der Waals surface area contributed by atoms with Crippen LogP contribution in [0, 0.1) is 29.6 Å². The Bertz CT molecular complexity index is 4200. The number of imidazole rings is 4. The van der Waals surface area contributed by atoms with E-state index in [9.17, 15) is 52.7 Å². The molecule has 34 nitrogen and oxygen atoms in total. The zero-order valence-corrected chi connectivity index (χ0v) is 53.2. The normalized spacial score (nSPS) is 11.8. The average molecular weight is 1300 g/mol. The predicted octanol–water partition coefficient (Wildman–Crippen LogP) is 0.301. The second-order valence-electron chi connectivity index (χ2n) is 22.0. The standard InChI is InChI=1S/C61H73N23O11/c1-78-27-26-64-51(78)60(94)70-39-29-42(80(3)32-39)56(90)66-24-18-50(88)73-45-35-84(7)54(75-45)61(95)71-40-30-41(79(2)33-40)55(89)65-20-11-13-48(86)72-44-34-82(5)52(74-44)58(92)68-25-17-49(87)69-38-28-43(81(4)31-38)57(91)77-46-36-83(6)53(76-46)59(93)67-23-16-47(85)63-19-10-8-9-12-37-14-21-62-22-15-37/h26-37,62H,11,13-25H2,1-7H3,(H,63,85)(H,65,89)(H,66,90)(H,67,93)(H,68,92)(H,69,87)(H,70,94)(H,71,95)(H,72,86)(H,73,88)(H,77,91). The van der Waals surface area contributed by atoms with Crippen LogP contribution in [0.25, 0.3) is 0 Å². The highest BCUT2D eigenvalue weighted by Crippen LogP contribution is 2.19. The number of hydrogen-bond acceptors (Lipinski definition) is 16. The summed E-state index contributed by atoms with van der Waals surface area (Å²) >= 11 is 0. The number of rotatable bonds is 27. The van der Waals surface area contributed by atoms with E-state index < -0.39 is 59.1 Å². The van der Waals surface area contributed by atoms with Gasteiger partial charge in [0.15, 0.2) is 23.3 Å². The molecule has 0 aromatic carbocycles. The smallest absolute Gasteiger partial charge is 0.291 e. The van der Waals surface area contributed by atoms with Gasteiger partial charge in [-0.3, -0.25) is 52.7 Å². The lowest BCUT2D eigenvalue weighted by Crippen LogP contribution is -2.32. The maximum atomic E-state index is 13.3. The molecule has 8 rings (SSSR count). The fraction of sp³-hybridized carbons (Fsp3) is 0.361. The number of nitrogens with zero attached hydrogens (tertiary/aromatic N) is 11. The molecule has 8 heterocycles. The molecule has 1 fully saturated rings. The maximum absolute atomic E-state index is 13.3. The Hall–Kier alpha value is -12.1. The van der Waals surface area contributed by atoms with Gasteiger partial charge in [-0.15, -0.1) is 0 Å². The van der Waals surface area contributed by atoms with Gasteiger partial charge in [0, 0.05) is 157 Å². The fourth-order valence-corrected chi connectivity index (χ4v) is 9.64. The van der Waals surface area contributed by atoms with Crippen molar-refractivity contribution in [2.45, 2.75) is 44.9 Å². The topological polar surface area (TPSA) is 418 Å². The van der Waals surface area contributed by atoms with Gasteiger partial charge in [0.1, 0.15) is 17.1 Å². The van der Waals surface area contributed by atoms with Crippen molar-refractivity contribution < 1.29 is 52.7 Å². The molecule has 12 N–H and O–H groups in total. The summed E-state index contributed by atoms with van der Waals surface area (Å²) < 4.78 is 10.3. The summed E-state index contributed by atoms with van der Waals surface area (Å²) in [6, 6.07) is 4.39. The molecule has 0 bridgehead atoms. The second-order valence-corrected chi connectivity index (χ2v) is 22.0. The first-order chi connectivity index (χ1) is 45.5. The molecule has 11 amide bonds. The number of piperidine rings is 1. The lowest BCUT2D eigenvalue weighted by Gasteiger charge is -2.16. The summed E-state index contributed by atoms with van der Waals surface area (Å²) in [5.41, 5.74) is 1.55. The SMILES string of the molecule is Cn1cc(NC(=O)c2nc(NC(=O)CCNC(=O)c3cc(NC(=O)c4nccn4C)cn3C)cn2C)cc1C(=O)NCCCC(=O)Nc1cn(C)c(C(=O)NCCC(=O)Nc2cc(C(=O)Nc3cn(C)c(C(=O)NCCC(=O)NCC#CC#CC4CCNCC4)n3)n(C)c2)n1. The van der Waals surface area contributed by atoms with Crippen molar-refractivity contribution in [3.63, 3.8) is 0 Å². The van der Waals surface area contributed by atoms with E-state index in [2.05, 4.69) is 107 Å². The van der Waals surface area contributed by atoms with Crippen LogP contribution in [0.2, 0.25) is 0 Å². The van der Waals surface area contributed by atoms with Gasteiger partial charge < -0.3 is 95.8 Å². The molecule has 0 radical (unpaired) electrons. The highest BCUT2D eigenvalue weighted by molar-refractivity contribution is 6.06. The van der Waals surface area contributed by atoms with Gasteiger partial charge >= 0.3 is 0 Å². The molecule has 0 atom stereocenters. The molecule has 0 aliphatic carbocycles. The van der Waals surface area contributed by atoms with Crippen LogP contribution < -0.4 is 63.8 Å². The highest BCUT2D eigenvalue weighted by Gasteiger charge is 2.23. The number of aromatic nitrogens is 11. The van der Waals surface area contributed by atoms with Gasteiger partial charge in [0.05, 0.1) is 23.6 Å². The van der Waals surface area contributed by atoms with Crippen LogP contribution in [-0.4, -0.2) is 163 Å². The minimum absolute atomic E-state index is 0.00572. The highest BCUT2D eigenvalue weighted by atomic mass is 16.2. The van der Waals surface area contributed by atoms with Crippen LogP contribution in [0.1, 0.15) is 119 Å². The van der Waals surface area contributed by atoms with E-state index in [-0.39, 0.29) is 134 Å². The van der Waals surface area contributed by atoms with E-state index in [0.29, 0.717) is 17.3 Å². The van der Waals surface area contributed by atoms with Crippen LogP contribution in [0.5, 0.6) is 0 Å². The maximum Gasteiger partial charge on any atom is 0.291 e. The van der Waals surface area contributed by atoms with E-state index in [1.807, 2.05) is 0 Å². The lowest BCUT2D eigenvalue weighted by molar-refractivity contribution is -0.121. The summed E-state index contributed by atoms with van der Waals surface area (Å²) in [5.74, 6) is 6.70. The summed E-state index contributed by atoms with van der Waals surface area (Å²) in [5, 5.41) is 32.6. The van der Waals surface area contributed by atoms with Gasteiger partial charge in [-0.25, -0.2) is 19.9 Å². The largest absolute Gasteiger partial charge is 0.351 e. The Morgan fingerprint density at radius 3 is 1.38 bits per heavy atom. The third-order valence-corrected chi connectivity index (χ3v) is 14.5. The Morgan fingerprint density at radius 2 is 0.863 bits per heavy atom. The van der Waals surface area contributed by atoms with Crippen molar-refractivity contribution in [3.8, 4) is 23.7 Å². The van der Waals surface area contributed by atoms with Gasteiger partial charge in [-0.1, -0.05) is 11.8 Å². The molecule has 0 saturated carbocycles. The minimum atomic E-state index is -0.635. The van der Waals surface area contributed by atoms with Crippen molar-refractivity contribution >= 4 is 99.5 Å². The van der Waals surface area contributed by atoms with Crippen molar-refractivity contribution in [1.82, 2.24) is 83.8 Å². The Kier molecular flexibility index (Phi) is 23.4. The Labute approximate surface area is 543 Å². The number of anilines is 6. The molecule has 1 saturated heterocycles. The third kappa shape index (κ3) is 19.5. The fourth-order valence-electron chi connectivity index (χ4n) is 9.64. The molecule has 7 aromatic rings. The summed E-state index contributed by atoms with van der Waals surface area (Å²) in [7, 11) is 11.2. The molecule has 498 valence electrons. The average Bonchev–Trinajstić information content (AvgIpc) is 1.72. The van der Waals surface area contributed by atoms with Crippen molar-refractivity contribution in [1.29, 1.82) is 0 Å². The van der Waals surface area contributed by atoms with Crippen molar-refractivity contribution in [2.75, 3.05) is 77.7 Å². The number of aryl methyl sites for hydroxylation is 7. The molecule has 7 aromatic heterocycles. The molecule has 95 heavy (non-hydrogen) atoms. The van der Waals surface area contributed by atoms with Crippen molar-refractivity contribution in [2.24, 2.45) is 55.3 Å². The first-order valence-corrected chi connectivity index (χ1v) is 30.0. The zero-order valence-electron chi connectivity index (χ0n) is 53.2. The summed E-state index contributed by atoms with van der Waals surface area (Å²) in [6.07, 6.45) is 14.0. The van der Waals surface area contributed by atoms with Crippen LogP contribution in [0.4, 0.5) is 34.5 Å². The van der Waals surface area contributed by atoms with Crippen molar-refractivity contribution in [3.05, 3.63) is 108 Å². The Morgan fingerprint density at radius 1 is 0.432 bits per heavy atom. The van der Waals surface area contributed by atoms with Crippen LogP contribution >= 0.6 is 0 Å². The molecule has 0 spiro atoms. The third-order valence-electron chi connectivity index (χ3n) is 14.5. The zero-order chi connectivity index (χ0) is 68.3. The van der Waals surface area contributed by atoms with E-state index in [1.54, 1.807) is 66.3 Å². The lowest BCUT2D eigenvalue weighted by atomic mass is 9.99. The number of nitrogens with one attached hydrogen (secondary N) is 12. The number of carbonyl (C=O) groups is 11. The van der Waals surface area contributed by atoms with Gasteiger partial charge in [0.25, 0.3) is 41.4 Å². The van der Waals surface area contributed by atoms with E-state index in [0.717, 1.165) is 25.9 Å². The summed E-state index contributed by atoms with van der Waals surface area (Å²) in [4.78, 5) is 159. The number of amides is 11. The van der Waals surface area contributed by atoms with Crippen LogP contribution in [0.3, 0.4) is 0 Å². The first kappa shape index (κ1) is 68.8. The molecular formula is C61H73N23O11. The molecule has 1 aliphatic heterocycles.